The van der Waals surface area contributed by atoms with Crippen LogP contribution < -0.4 is 5.32 Å². The second-order valence-electron chi connectivity index (χ2n) is 5.67. The Morgan fingerprint density at radius 2 is 2.16 bits per heavy atom. The van der Waals surface area contributed by atoms with Gasteiger partial charge in [0.1, 0.15) is 10.0 Å². The minimum atomic E-state index is -0.238. The van der Waals surface area contributed by atoms with Crippen molar-refractivity contribution in [3.05, 3.63) is 33.8 Å². The molecular weight excluding hydrogens is 374 g/mol. The number of anilines is 1. The number of rotatable bonds is 5. The number of carbonyl (C=O) groups excluding carboxylic acids is 1. The molecule has 4 rings (SSSR count). The molecule has 3 aromatic heterocycles. The smallest absolute Gasteiger partial charge is 0.262 e. The van der Waals surface area contributed by atoms with Crippen molar-refractivity contribution in [2.75, 3.05) is 11.6 Å². The summed E-state index contributed by atoms with van der Waals surface area (Å²) in [6.07, 6.45) is 4.24. The Kier molecular flexibility index (Phi) is 4.53. The van der Waals surface area contributed by atoms with E-state index in [1.54, 1.807) is 11.3 Å². The van der Waals surface area contributed by atoms with Crippen LogP contribution in [0.4, 0.5) is 5.13 Å². The van der Waals surface area contributed by atoms with Crippen LogP contribution in [-0.4, -0.2) is 32.3 Å². The van der Waals surface area contributed by atoms with Crippen molar-refractivity contribution < 1.29 is 4.79 Å². The van der Waals surface area contributed by atoms with E-state index in [0.717, 1.165) is 22.7 Å². The summed E-state index contributed by atoms with van der Waals surface area (Å²) in [6, 6.07) is 3.94. The summed E-state index contributed by atoms with van der Waals surface area (Å²) in [5.41, 5.74) is 1.16. The van der Waals surface area contributed by atoms with Gasteiger partial charge in [-0.1, -0.05) is 17.4 Å². The maximum atomic E-state index is 12.7. The molecule has 25 heavy (non-hydrogen) atoms. The Hall–Kier alpha value is -1.84. The molecule has 9 heteroatoms. The van der Waals surface area contributed by atoms with Crippen LogP contribution in [0.3, 0.4) is 0 Å². The first-order valence-corrected chi connectivity index (χ1v) is 10.7. The molecule has 0 bridgehead atoms. The predicted molar refractivity (Wildman–Crippen MR) is 102 cm³/mol. The van der Waals surface area contributed by atoms with Gasteiger partial charge in [-0.25, -0.2) is 9.97 Å². The zero-order valence-corrected chi connectivity index (χ0v) is 16.1. The average molecular weight is 390 g/mol. The fourth-order valence-corrected chi connectivity index (χ4v) is 4.60. The normalized spacial score (nSPS) is 13.8. The zero-order chi connectivity index (χ0) is 17.4. The summed E-state index contributed by atoms with van der Waals surface area (Å²) < 4.78 is 0. The van der Waals surface area contributed by atoms with Crippen molar-refractivity contribution in [3.8, 4) is 10.7 Å². The summed E-state index contributed by atoms with van der Waals surface area (Å²) in [4.78, 5) is 22.8. The standard InChI is InChI=1S/C16H15N5OS3/c1-8-11(13(22)19-16-21-20-14(25-16)9-5-6-9)15(23-2)18-12(17-8)10-4-3-7-24-10/h3-4,7,9H,5-6H2,1-2H3,(H,19,21,22). The number of hydrogen-bond acceptors (Lipinski definition) is 8. The van der Waals surface area contributed by atoms with E-state index in [-0.39, 0.29) is 5.91 Å². The van der Waals surface area contributed by atoms with Gasteiger partial charge in [0.15, 0.2) is 5.82 Å². The number of carbonyl (C=O) groups is 1. The van der Waals surface area contributed by atoms with Gasteiger partial charge < -0.3 is 0 Å². The Labute approximate surface area is 157 Å². The molecule has 1 aliphatic rings. The third-order valence-corrected chi connectivity index (χ3v) is 6.36. The third-order valence-electron chi connectivity index (χ3n) is 3.81. The molecule has 0 spiro atoms. The van der Waals surface area contributed by atoms with Crippen molar-refractivity contribution in [2.24, 2.45) is 0 Å². The number of aromatic nitrogens is 4. The topological polar surface area (TPSA) is 80.7 Å². The molecule has 0 radical (unpaired) electrons. The third kappa shape index (κ3) is 3.44. The first kappa shape index (κ1) is 16.6. The Morgan fingerprint density at radius 1 is 1.32 bits per heavy atom. The van der Waals surface area contributed by atoms with Crippen molar-refractivity contribution in [2.45, 2.75) is 30.7 Å². The number of amides is 1. The SMILES string of the molecule is CSc1nc(-c2cccs2)nc(C)c1C(=O)Nc1nnc(C2CC2)s1. The highest BCUT2D eigenvalue weighted by Crippen LogP contribution is 2.42. The van der Waals surface area contributed by atoms with E-state index >= 15 is 0 Å². The monoisotopic (exact) mass is 389 g/mol. The van der Waals surface area contributed by atoms with Crippen LogP contribution in [-0.2, 0) is 0 Å². The summed E-state index contributed by atoms with van der Waals surface area (Å²) in [5.74, 6) is 0.943. The molecular formula is C16H15N5OS3. The van der Waals surface area contributed by atoms with Gasteiger partial charge in [-0.15, -0.1) is 33.3 Å². The molecule has 0 atom stereocenters. The van der Waals surface area contributed by atoms with E-state index in [0.29, 0.717) is 33.2 Å². The van der Waals surface area contributed by atoms with Gasteiger partial charge in [0.05, 0.1) is 16.1 Å². The highest BCUT2D eigenvalue weighted by molar-refractivity contribution is 7.98. The first-order valence-electron chi connectivity index (χ1n) is 7.77. The van der Waals surface area contributed by atoms with Crippen LogP contribution in [0.15, 0.2) is 22.5 Å². The lowest BCUT2D eigenvalue weighted by atomic mass is 10.2. The second kappa shape index (κ2) is 6.81. The predicted octanol–water partition coefficient (Wildman–Crippen LogP) is 4.22. The molecule has 0 unspecified atom stereocenters. The number of thiophene rings is 1. The first-order chi connectivity index (χ1) is 12.2. The number of hydrogen-bond donors (Lipinski definition) is 1. The lowest BCUT2D eigenvalue weighted by Crippen LogP contribution is -2.16. The lowest BCUT2D eigenvalue weighted by Gasteiger charge is -2.10. The van der Waals surface area contributed by atoms with Crippen LogP contribution >= 0.6 is 34.4 Å². The minimum absolute atomic E-state index is 0.238. The highest BCUT2D eigenvalue weighted by atomic mass is 32.2. The molecule has 128 valence electrons. The number of nitrogens with zero attached hydrogens (tertiary/aromatic N) is 4. The zero-order valence-electron chi connectivity index (χ0n) is 13.6. The maximum Gasteiger partial charge on any atom is 0.262 e. The summed E-state index contributed by atoms with van der Waals surface area (Å²) >= 11 is 4.47. The minimum Gasteiger partial charge on any atom is -0.296 e. The van der Waals surface area contributed by atoms with E-state index in [1.165, 1.54) is 23.1 Å². The fourth-order valence-electron chi connectivity index (χ4n) is 2.41. The Balaban J connectivity index is 1.62. The lowest BCUT2D eigenvalue weighted by molar-refractivity contribution is 0.102. The van der Waals surface area contributed by atoms with Crippen molar-refractivity contribution in [3.63, 3.8) is 0 Å². The fraction of sp³-hybridized carbons (Fsp3) is 0.312. The van der Waals surface area contributed by atoms with Crippen LogP contribution in [0, 0.1) is 6.92 Å². The molecule has 1 fully saturated rings. The quantitative estimate of drug-likeness (QED) is 0.520. The molecule has 6 nitrogen and oxygen atoms in total. The van der Waals surface area contributed by atoms with Gasteiger partial charge in [0.2, 0.25) is 5.13 Å². The molecule has 1 amide bonds. The Bertz CT molecular complexity index is 918. The molecule has 3 aromatic rings. The van der Waals surface area contributed by atoms with Crippen LogP contribution in [0.25, 0.3) is 10.7 Å². The van der Waals surface area contributed by atoms with Gasteiger partial charge >= 0.3 is 0 Å². The number of thioether (sulfide) groups is 1. The molecule has 1 N–H and O–H groups in total. The maximum absolute atomic E-state index is 12.7. The van der Waals surface area contributed by atoms with Gasteiger partial charge in [0, 0.05) is 5.92 Å². The molecule has 0 saturated heterocycles. The number of nitrogens with one attached hydrogen (secondary N) is 1. The van der Waals surface area contributed by atoms with Crippen LogP contribution in [0.5, 0.6) is 0 Å². The second-order valence-corrected chi connectivity index (χ2v) is 8.42. The van der Waals surface area contributed by atoms with Gasteiger partial charge in [-0.2, -0.15) is 0 Å². The number of aryl methyl sites for hydroxylation is 1. The molecule has 3 heterocycles. The van der Waals surface area contributed by atoms with E-state index in [9.17, 15) is 4.79 Å². The van der Waals surface area contributed by atoms with Gasteiger partial charge in [-0.05, 0) is 37.5 Å². The van der Waals surface area contributed by atoms with Crippen molar-refractivity contribution in [1.82, 2.24) is 20.2 Å². The summed E-state index contributed by atoms with van der Waals surface area (Å²) in [6.45, 7) is 1.84. The molecule has 1 aliphatic carbocycles. The Morgan fingerprint density at radius 3 is 2.84 bits per heavy atom. The van der Waals surface area contributed by atoms with Crippen molar-refractivity contribution >= 4 is 45.5 Å². The van der Waals surface area contributed by atoms with E-state index in [4.69, 9.17) is 0 Å². The average Bonchev–Trinajstić information content (AvgIpc) is 3.10. The summed E-state index contributed by atoms with van der Waals surface area (Å²) in [5, 5.41) is 15.3. The van der Waals surface area contributed by atoms with Crippen LogP contribution in [0.2, 0.25) is 0 Å². The highest BCUT2D eigenvalue weighted by Gasteiger charge is 2.28. The van der Waals surface area contributed by atoms with E-state index in [1.807, 2.05) is 30.7 Å². The van der Waals surface area contributed by atoms with E-state index in [2.05, 4.69) is 25.5 Å². The van der Waals surface area contributed by atoms with Gasteiger partial charge in [0.25, 0.3) is 5.91 Å². The molecule has 0 aromatic carbocycles. The summed E-state index contributed by atoms with van der Waals surface area (Å²) in [7, 11) is 0. The van der Waals surface area contributed by atoms with Crippen molar-refractivity contribution in [1.29, 1.82) is 0 Å². The van der Waals surface area contributed by atoms with Gasteiger partial charge in [-0.3, -0.25) is 10.1 Å². The molecule has 0 aliphatic heterocycles. The largest absolute Gasteiger partial charge is 0.296 e. The molecule has 1 saturated carbocycles. The van der Waals surface area contributed by atoms with Crippen LogP contribution in [0.1, 0.15) is 39.8 Å². The van der Waals surface area contributed by atoms with E-state index < -0.39 is 0 Å².